The molecule has 1 atom stereocenters. The normalized spacial score (nSPS) is 17.9. The fraction of sp³-hybridized carbons (Fsp3) is 0.526. The van der Waals surface area contributed by atoms with Gasteiger partial charge in [-0.15, -0.1) is 0 Å². The summed E-state index contributed by atoms with van der Waals surface area (Å²) in [6.07, 6.45) is 0.675. The van der Waals surface area contributed by atoms with Crippen LogP contribution in [0.1, 0.15) is 50.4 Å². The number of ketones is 1. The van der Waals surface area contributed by atoms with Gasteiger partial charge in [0.25, 0.3) is 0 Å². The van der Waals surface area contributed by atoms with Crippen molar-refractivity contribution in [2.24, 2.45) is 5.41 Å². The van der Waals surface area contributed by atoms with Crippen LogP contribution in [0.2, 0.25) is 0 Å². The predicted octanol–water partition coefficient (Wildman–Crippen LogP) is 2.41. The highest BCUT2D eigenvalue weighted by atomic mass is 16.2. The number of rotatable bonds is 6. The number of hydrogen-bond acceptors (Lipinski definition) is 3. The fourth-order valence-electron chi connectivity index (χ4n) is 2.89. The summed E-state index contributed by atoms with van der Waals surface area (Å²) in [5, 5.41) is 2.88. The van der Waals surface area contributed by atoms with E-state index in [0.29, 0.717) is 25.1 Å². The van der Waals surface area contributed by atoms with Crippen LogP contribution in [-0.2, 0) is 9.59 Å². The van der Waals surface area contributed by atoms with Crippen LogP contribution in [0.25, 0.3) is 0 Å². The minimum atomic E-state index is -0.172. The van der Waals surface area contributed by atoms with Crippen molar-refractivity contribution in [3.8, 4) is 0 Å². The average Bonchev–Trinajstić information content (AvgIpc) is 2.83. The maximum Gasteiger partial charge on any atom is 0.224 e. The van der Waals surface area contributed by atoms with Gasteiger partial charge in [-0.3, -0.25) is 14.4 Å². The summed E-state index contributed by atoms with van der Waals surface area (Å²) in [6.45, 7) is 7.49. The number of nitrogens with one attached hydrogen (secondary N) is 1. The molecule has 1 aromatic rings. The molecule has 1 fully saturated rings. The van der Waals surface area contributed by atoms with Crippen LogP contribution in [0.4, 0.5) is 0 Å². The number of Topliss-reactive ketones (excluding diaryl/α,β-unsaturated/α-hetero) is 1. The van der Waals surface area contributed by atoms with Crippen molar-refractivity contribution in [3.05, 3.63) is 35.9 Å². The summed E-state index contributed by atoms with van der Waals surface area (Å²) >= 11 is 0. The maximum absolute atomic E-state index is 12.0. The maximum atomic E-state index is 12.0. The Balaban J connectivity index is 1.77. The van der Waals surface area contributed by atoms with E-state index in [1.165, 1.54) is 0 Å². The van der Waals surface area contributed by atoms with Crippen LogP contribution >= 0.6 is 0 Å². The van der Waals surface area contributed by atoms with E-state index in [1.54, 1.807) is 29.2 Å². The first-order valence-corrected chi connectivity index (χ1v) is 8.40. The lowest BCUT2D eigenvalue weighted by atomic mass is 9.96. The number of benzene rings is 1. The van der Waals surface area contributed by atoms with E-state index in [2.05, 4.69) is 26.1 Å². The number of nitrogens with zero attached hydrogens (tertiary/aromatic N) is 1. The summed E-state index contributed by atoms with van der Waals surface area (Å²) < 4.78 is 0. The van der Waals surface area contributed by atoms with Gasteiger partial charge in [-0.1, -0.05) is 51.1 Å². The van der Waals surface area contributed by atoms with Gasteiger partial charge < -0.3 is 10.2 Å². The molecule has 1 aliphatic rings. The molecule has 0 radical (unpaired) electrons. The van der Waals surface area contributed by atoms with Gasteiger partial charge in [-0.05, 0) is 5.41 Å². The summed E-state index contributed by atoms with van der Waals surface area (Å²) in [5.41, 5.74) is 0.661. The zero-order valence-corrected chi connectivity index (χ0v) is 14.7. The fourth-order valence-corrected chi connectivity index (χ4v) is 2.89. The molecule has 130 valence electrons. The van der Waals surface area contributed by atoms with Gasteiger partial charge in [-0.2, -0.15) is 0 Å². The van der Waals surface area contributed by atoms with Crippen LogP contribution in [-0.4, -0.2) is 41.6 Å². The van der Waals surface area contributed by atoms with Gasteiger partial charge in [0.2, 0.25) is 11.8 Å². The molecule has 1 N–H and O–H groups in total. The average molecular weight is 330 g/mol. The Labute approximate surface area is 143 Å². The third-order valence-corrected chi connectivity index (χ3v) is 3.92. The topological polar surface area (TPSA) is 66.5 Å². The van der Waals surface area contributed by atoms with E-state index in [0.717, 1.165) is 0 Å². The highest BCUT2D eigenvalue weighted by Gasteiger charge is 2.32. The third-order valence-electron chi connectivity index (χ3n) is 3.92. The lowest BCUT2D eigenvalue weighted by Gasteiger charge is -2.26. The van der Waals surface area contributed by atoms with E-state index in [4.69, 9.17) is 0 Å². The second kappa shape index (κ2) is 7.60. The molecule has 1 aliphatic heterocycles. The van der Waals surface area contributed by atoms with Gasteiger partial charge in [0.15, 0.2) is 5.78 Å². The molecule has 1 heterocycles. The Morgan fingerprint density at radius 2 is 1.83 bits per heavy atom. The summed E-state index contributed by atoms with van der Waals surface area (Å²) in [6, 6.07) is 8.81. The number of carbonyl (C=O) groups is 3. The SMILES string of the molecule is CC(C)(C)CN1C[C@H](NC(=O)CCC(=O)c2ccccc2)CC1=O. The Morgan fingerprint density at radius 3 is 2.46 bits per heavy atom. The molecule has 5 heteroatoms. The summed E-state index contributed by atoms with van der Waals surface area (Å²) in [7, 11) is 0. The van der Waals surface area contributed by atoms with Gasteiger partial charge in [0.1, 0.15) is 0 Å². The molecule has 0 aromatic heterocycles. The zero-order chi connectivity index (χ0) is 17.7. The first-order valence-electron chi connectivity index (χ1n) is 8.40. The molecular formula is C19H26N2O3. The van der Waals surface area contributed by atoms with Crippen LogP contribution in [0.3, 0.4) is 0 Å². The van der Waals surface area contributed by atoms with Crippen molar-refractivity contribution in [2.75, 3.05) is 13.1 Å². The summed E-state index contributed by atoms with van der Waals surface area (Å²) in [5.74, 6) is -0.132. The number of amides is 2. The van der Waals surface area contributed by atoms with Crippen molar-refractivity contribution >= 4 is 17.6 Å². The highest BCUT2D eigenvalue weighted by Crippen LogP contribution is 2.20. The Bertz CT molecular complexity index is 605. The van der Waals surface area contributed by atoms with Gasteiger partial charge >= 0.3 is 0 Å². The van der Waals surface area contributed by atoms with E-state index < -0.39 is 0 Å². The first-order chi connectivity index (χ1) is 11.2. The Kier molecular flexibility index (Phi) is 5.75. The molecule has 2 rings (SSSR count). The first kappa shape index (κ1) is 18.2. The molecule has 2 amide bonds. The molecule has 1 saturated heterocycles. The van der Waals surface area contributed by atoms with Crippen molar-refractivity contribution in [3.63, 3.8) is 0 Å². The standard InChI is InChI=1S/C19H26N2O3/c1-19(2,3)13-21-12-15(11-18(21)24)20-17(23)10-9-16(22)14-7-5-4-6-8-14/h4-8,15H,9-13H2,1-3H3,(H,20,23)/t15-/m1/s1. The third kappa shape index (κ3) is 5.48. The Hall–Kier alpha value is -2.17. The van der Waals surface area contributed by atoms with E-state index in [-0.39, 0.29) is 41.9 Å². The minimum absolute atomic E-state index is 0.0384. The summed E-state index contributed by atoms with van der Waals surface area (Å²) in [4.78, 5) is 37.9. The zero-order valence-electron chi connectivity index (χ0n) is 14.7. The second-order valence-electron chi connectivity index (χ2n) is 7.59. The smallest absolute Gasteiger partial charge is 0.224 e. The van der Waals surface area contributed by atoms with Crippen LogP contribution < -0.4 is 5.32 Å². The molecular weight excluding hydrogens is 304 g/mol. The molecule has 1 aromatic carbocycles. The van der Waals surface area contributed by atoms with E-state index in [1.807, 2.05) is 6.07 Å². The van der Waals surface area contributed by atoms with Crippen LogP contribution in [0.15, 0.2) is 30.3 Å². The van der Waals surface area contributed by atoms with Crippen molar-refractivity contribution < 1.29 is 14.4 Å². The minimum Gasteiger partial charge on any atom is -0.351 e. The molecule has 5 nitrogen and oxygen atoms in total. The van der Waals surface area contributed by atoms with Crippen LogP contribution in [0, 0.1) is 5.41 Å². The molecule has 24 heavy (non-hydrogen) atoms. The highest BCUT2D eigenvalue weighted by molar-refractivity contribution is 5.98. The number of hydrogen-bond donors (Lipinski definition) is 1. The van der Waals surface area contributed by atoms with E-state index >= 15 is 0 Å². The lowest BCUT2D eigenvalue weighted by molar-refractivity contribution is -0.128. The second-order valence-corrected chi connectivity index (χ2v) is 7.59. The largest absolute Gasteiger partial charge is 0.351 e. The molecule has 0 unspecified atom stereocenters. The lowest BCUT2D eigenvalue weighted by Crippen LogP contribution is -2.39. The molecule has 0 saturated carbocycles. The van der Waals surface area contributed by atoms with Crippen molar-refractivity contribution in [2.45, 2.75) is 46.1 Å². The van der Waals surface area contributed by atoms with Crippen LogP contribution in [0.5, 0.6) is 0 Å². The van der Waals surface area contributed by atoms with Crippen molar-refractivity contribution in [1.82, 2.24) is 10.2 Å². The quantitative estimate of drug-likeness (QED) is 0.815. The monoisotopic (exact) mass is 330 g/mol. The number of carbonyl (C=O) groups excluding carboxylic acids is 3. The van der Waals surface area contributed by atoms with Gasteiger partial charge in [0.05, 0.1) is 6.04 Å². The molecule has 0 aliphatic carbocycles. The number of likely N-dealkylation sites (tertiary alicyclic amines) is 1. The van der Waals surface area contributed by atoms with E-state index in [9.17, 15) is 14.4 Å². The Morgan fingerprint density at radius 1 is 1.17 bits per heavy atom. The molecule has 0 spiro atoms. The predicted molar refractivity (Wildman–Crippen MR) is 92.6 cm³/mol. The van der Waals surface area contributed by atoms with Gasteiger partial charge in [-0.25, -0.2) is 0 Å². The van der Waals surface area contributed by atoms with Crippen molar-refractivity contribution in [1.29, 1.82) is 0 Å². The molecule has 0 bridgehead atoms. The van der Waals surface area contributed by atoms with Gasteiger partial charge in [0, 0.05) is 37.9 Å².